The number of aromatic hydroxyl groups is 1. The fourth-order valence-corrected chi connectivity index (χ4v) is 3.61. The van der Waals surface area contributed by atoms with Gasteiger partial charge in [-0.3, -0.25) is 9.59 Å². The topological polar surface area (TPSA) is 152 Å². The zero-order valence-corrected chi connectivity index (χ0v) is 18.1. The third-order valence-electron chi connectivity index (χ3n) is 5.34. The molecule has 1 aromatic heterocycles. The summed E-state index contributed by atoms with van der Waals surface area (Å²) in [7, 11) is 0. The first-order chi connectivity index (χ1) is 15.8. The Labute approximate surface area is 190 Å². The number of hydrogen-bond donors (Lipinski definition) is 6. The molecule has 0 saturated carbocycles. The Kier molecular flexibility index (Phi) is 7.68. The van der Waals surface area contributed by atoms with E-state index in [1.165, 1.54) is 24.3 Å². The highest BCUT2D eigenvalue weighted by atomic mass is 16.4. The normalized spacial score (nSPS) is 13.8. The van der Waals surface area contributed by atoms with Gasteiger partial charge in [-0.15, -0.1) is 0 Å². The zero-order valence-electron chi connectivity index (χ0n) is 18.1. The molecule has 0 aliphatic rings. The summed E-state index contributed by atoms with van der Waals surface area (Å²) in [6.07, 6.45) is 0.931. The van der Waals surface area contributed by atoms with E-state index < -0.39 is 36.0 Å². The Morgan fingerprint density at radius 3 is 2.39 bits per heavy atom. The Morgan fingerprint density at radius 1 is 1.03 bits per heavy atom. The summed E-state index contributed by atoms with van der Waals surface area (Å²) in [5.74, 6) is -2.54. The average Bonchev–Trinajstić information content (AvgIpc) is 3.20. The maximum Gasteiger partial charge on any atom is 0.326 e. The summed E-state index contributed by atoms with van der Waals surface area (Å²) in [6, 6.07) is 10.2. The summed E-state index contributed by atoms with van der Waals surface area (Å²) in [4.78, 5) is 40.3. The molecule has 0 fully saturated rings. The molecule has 0 spiro atoms. The van der Waals surface area contributed by atoms with Crippen molar-refractivity contribution in [1.29, 1.82) is 0 Å². The fourth-order valence-electron chi connectivity index (χ4n) is 3.61. The number of phenols is 1. The number of carboxylic acid groups (broad SMARTS) is 1. The van der Waals surface area contributed by atoms with E-state index in [0.717, 1.165) is 10.9 Å². The minimum atomic E-state index is -1.45. The van der Waals surface area contributed by atoms with Gasteiger partial charge < -0.3 is 30.9 Å². The van der Waals surface area contributed by atoms with Crippen LogP contribution in [0.2, 0.25) is 0 Å². The van der Waals surface area contributed by atoms with E-state index in [4.69, 9.17) is 0 Å². The number of phenolic OH excluding ortho intramolecular Hbond substituents is 1. The molecule has 3 aromatic rings. The highest BCUT2D eigenvalue weighted by Gasteiger charge is 2.33. The van der Waals surface area contributed by atoms with Crippen LogP contribution in [0.1, 0.15) is 37.0 Å². The van der Waals surface area contributed by atoms with Crippen LogP contribution in [0.3, 0.4) is 0 Å². The SMILES string of the molecule is CCCC(=O)NC(C(=O)NC(Cc1c[nH]c2ccccc12)C(=O)O)C(O)c1ccc(O)cc1. The summed E-state index contributed by atoms with van der Waals surface area (Å²) < 4.78 is 0. The molecule has 2 amide bonds. The number of amides is 2. The van der Waals surface area contributed by atoms with Crippen molar-refractivity contribution in [2.24, 2.45) is 0 Å². The number of aliphatic hydroxyl groups is 1. The minimum Gasteiger partial charge on any atom is -0.508 e. The van der Waals surface area contributed by atoms with Crippen molar-refractivity contribution in [2.45, 2.75) is 44.4 Å². The number of carbonyl (C=O) groups excluding carboxylic acids is 2. The molecule has 0 aliphatic heterocycles. The van der Waals surface area contributed by atoms with E-state index >= 15 is 0 Å². The molecule has 6 N–H and O–H groups in total. The highest BCUT2D eigenvalue weighted by molar-refractivity contribution is 5.91. The van der Waals surface area contributed by atoms with Gasteiger partial charge in [0.05, 0.1) is 0 Å². The van der Waals surface area contributed by atoms with Crippen molar-refractivity contribution in [2.75, 3.05) is 0 Å². The van der Waals surface area contributed by atoms with E-state index in [-0.39, 0.29) is 24.2 Å². The monoisotopic (exact) mass is 453 g/mol. The van der Waals surface area contributed by atoms with E-state index in [1.54, 1.807) is 13.1 Å². The lowest BCUT2D eigenvalue weighted by Gasteiger charge is -2.25. The van der Waals surface area contributed by atoms with Gasteiger partial charge in [-0.1, -0.05) is 37.3 Å². The molecule has 0 saturated heterocycles. The van der Waals surface area contributed by atoms with Gasteiger partial charge in [-0.05, 0) is 35.7 Å². The number of aliphatic carboxylic acids is 1. The second-order valence-electron chi connectivity index (χ2n) is 7.79. The van der Waals surface area contributed by atoms with Crippen LogP contribution in [0.15, 0.2) is 54.7 Å². The number of aliphatic hydroxyl groups excluding tert-OH is 1. The molecule has 3 unspecified atom stereocenters. The van der Waals surface area contributed by atoms with Crippen molar-refractivity contribution in [3.05, 3.63) is 65.9 Å². The van der Waals surface area contributed by atoms with Gasteiger partial charge in [0.25, 0.3) is 0 Å². The zero-order chi connectivity index (χ0) is 24.0. The number of para-hydroxylation sites is 1. The Balaban J connectivity index is 1.82. The van der Waals surface area contributed by atoms with Gasteiger partial charge >= 0.3 is 5.97 Å². The van der Waals surface area contributed by atoms with Crippen molar-refractivity contribution in [3.63, 3.8) is 0 Å². The number of rotatable bonds is 10. The molecule has 9 nitrogen and oxygen atoms in total. The second kappa shape index (κ2) is 10.6. The second-order valence-corrected chi connectivity index (χ2v) is 7.79. The molecule has 33 heavy (non-hydrogen) atoms. The third kappa shape index (κ3) is 5.89. The molecule has 0 bridgehead atoms. The average molecular weight is 453 g/mol. The summed E-state index contributed by atoms with van der Waals surface area (Å²) in [5, 5.41) is 35.8. The minimum absolute atomic E-state index is 0.00994. The molecule has 0 radical (unpaired) electrons. The van der Waals surface area contributed by atoms with Crippen LogP contribution < -0.4 is 10.6 Å². The number of aromatic nitrogens is 1. The molecule has 3 rings (SSSR count). The lowest BCUT2D eigenvalue weighted by Crippen LogP contribution is -2.54. The van der Waals surface area contributed by atoms with Crippen LogP contribution >= 0.6 is 0 Å². The maximum atomic E-state index is 13.1. The van der Waals surface area contributed by atoms with Crippen molar-refractivity contribution < 1.29 is 29.7 Å². The molecule has 0 aliphatic carbocycles. The lowest BCUT2D eigenvalue weighted by molar-refractivity contribution is -0.143. The Bertz CT molecular complexity index is 1120. The number of hydrogen-bond acceptors (Lipinski definition) is 5. The van der Waals surface area contributed by atoms with Crippen LogP contribution in [0.5, 0.6) is 5.75 Å². The Morgan fingerprint density at radius 2 is 1.73 bits per heavy atom. The number of fused-ring (bicyclic) bond motifs is 1. The van der Waals surface area contributed by atoms with E-state index in [0.29, 0.717) is 12.0 Å². The van der Waals surface area contributed by atoms with Crippen LogP contribution in [-0.4, -0.2) is 50.2 Å². The maximum absolute atomic E-state index is 13.1. The standard InChI is InChI=1S/C24H27N3O6/c1-2-5-20(29)27-21(22(30)14-8-10-16(28)11-9-14)23(31)26-19(24(32)33)12-15-13-25-18-7-4-3-6-17(15)18/h3-4,6-11,13,19,21-22,25,28,30H,2,5,12H2,1H3,(H,26,31)(H,27,29)(H,32,33). The molecule has 174 valence electrons. The van der Waals surface area contributed by atoms with Crippen LogP contribution in [0.4, 0.5) is 0 Å². The van der Waals surface area contributed by atoms with Gasteiger partial charge in [-0.25, -0.2) is 4.79 Å². The predicted octanol–water partition coefficient (Wildman–Crippen LogP) is 2.00. The summed E-state index contributed by atoms with van der Waals surface area (Å²) >= 11 is 0. The first kappa shape index (κ1) is 23.8. The lowest BCUT2D eigenvalue weighted by atomic mass is 9.99. The molecule has 2 aromatic carbocycles. The van der Waals surface area contributed by atoms with Gasteiger partial charge in [0.2, 0.25) is 11.8 Å². The van der Waals surface area contributed by atoms with Crippen LogP contribution in [0, 0.1) is 0 Å². The number of carboxylic acids is 1. The van der Waals surface area contributed by atoms with E-state index in [2.05, 4.69) is 15.6 Å². The molecule has 3 atom stereocenters. The van der Waals surface area contributed by atoms with Gasteiger partial charge in [-0.2, -0.15) is 0 Å². The molecule has 1 heterocycles. The number of nitrogens with one attached hydrogen (secondary N) is 3. The summed E-state index contributed by atoms with van der Waals surface area (Å²) in [5.41, 5.74) is 1.84. The van der Waals surface area contributed by atoms with Gasteiger partial charge in [0.1, 0.15) is 23.9 Å². The van der Waals surface area contributed by atoms with Crippen molar-refractivity contribution in [3.8, 4) is 5.75 Å². The first-order valence-electron chi connectivity index (χ1n) is 10.6. The quantitative estimate of drug-likeness (QED) is 0.276. The molecular weight excluding hydrogens is 426 g/mol. The Hall–Kier alpha value is -3.85. The number of H-pyrrole nitrogens is 1. The highest BCUT2D eigenvalue weighted by Crippen LogP contribution is 2.22. The fraction of sp³-hybridized carbons (Fsp3) is 0.292. The largest absolute Gasteiger partial charge is 0.508 e. The molecule has 9 heteroatoms. The van der Waals surface area contributed by atoms with Crippen LogP contribution in [0.25, 0.3) is 10.9 Å². The predicted molar refractivity (Wildman–Crippen MR) is 121 cm³/mol. The molecular formula is C24H27N3O6. The van der Waals surface area contributed by atoms with E-state index in [9.17, 15) is 29.7 Å². The number of benzene rings is 2. The van der Waals surface area contributed by atoms with E-state index in [1.807, 2.05) is 24.3 Å². The van der Waals surface area contributed by atoms with Gasteiger partial charge in [0, 0.05) is 29.9 Å². The smallest absolute Gasteiger partial charge is 0.326 e. The van der Waals surface area contributed by atoms with Crippen molar-refractivity contribution >= 4 is 28.7 Å². The number of carbonyl (C=O) groups is 3. The van der Waals surface area contributed by atoms with Crippen molar-refractivity contribution in [1.82, 2.24) is 15.6 Å². The number of aromatic amines is 1. The third-order valence-corrected chi connectivity index (χ3v) is 5.34. The summed E-state index contributed by atoms with van der Waals surface area (Å²) in [6.45, 7) is 1.80. The first-order valence-corrected chi connectivity index (χ1v) is 10.6. The van der Waals surface area contributed by atoms with Gasteiger partial charge in [0.15, 0.2) is 0 Å². The van der Waals surface area contributed by atoms with Crippen LogP contribution in [-0.2, 0) is 20.8 Å².